The maximum Gasteiger partial charge on any atom is 0.168 e. The van der Waals surface area contributed by atoms with E-state index < -0.39 is 0 Å². The summed E-state index contributed by atoms with van der Waals surface area (Å²) in [7, 11) is 0. The van der Waals surface area contributed by atoms with Crippen LogP contribution in [0.3, 0.4) is 0 Å². The molecule has 31 heavy (non-hydrogen) atoms. The van der Waals surface area contributed by atoms with Gasteiger partial charge in [-0.25, -0.2) is 0 Å². The van der Waals surface area contributed by atoms with Gasteiger partial charge in [-0.3, -0.25) is 0 Å². The first-order chi connectivity index (χ1) is 14.7. The molecular formula is C27H44O4. The zero-order chi connectivity index (χ0) is 22.0. The fourth-order valence-electron chi connectivity index (χ4n) is 8.75. The first-order valence-electron chi connectivity index (χ1n) is 13.0. The molecule has 0 radical (unpaired) electrons. The van der Waals surface area contributed by atoms with E-state index in [1.165, 1.54) is 32.1 Å². The molecule has 0 aromatic heterocycles. The lowest BCUT2D eigenvalue weighted by molar-refractivity contribution is -0.242. The minimum absolute atomic E-state index is 0.201. The SMILES string of the molecule is CC(C)[C@H](O)/C=C/C1CCC2C3C(CC[C@]12C)[C@@]1(C)CCC2(C[C@@H]1C[C@H]3O)OCCO2. The normalized spacial score (nSPS) is 49.9. The molecule has 176 valence electrons. The summed E-state index contributed by atoms with van der Waals surface area (Å²) in [6.07, 6.45) is 12.8. The van der Waals surface area contributed by atoms with Crippen LogP contribution in [0.1, 0.15) is 79.1 Å². The minimum Gasteiger partial charge on any atom is -0.393 e. The highest BCUT2D eigenvalue weighted by molar-refractivity contribution is 5.15. The van der Waals surface area contributed by atoms with Gasteiger partial charge in [-0.1, -0.05) is 39.8 Å². The zero-order valence-corrected chi connectivity index (χ0v) is 20.1. The molecule has 0 aromatic rings. The van der Waals surface area contributed by atoms with Gasteiger partial charge in [-0.05, 0) is 84.9 Å². The van der Waals surface area contributed by atoms with Gasteiger partial charge in [-0.2, -0.15) is 0 Å². The molecule has 4 unspecified atom stereocenters. The van der Waals surface area contributed by atoms with E-state index in [1.807, 2.05) is 6.08 Å². The molecular weight excluding hydrogens is 388 g/mol. The molecule has 5 fully saturated rings. The van der Waals surface area contributed by atoms with Crippen LogP contribution in [0.5, 0.6) is 0 Å². The van der Waals surface area contributed by atoms with Gasteiger partial charge in [0.2, 0.25) is 0 Å². The Bertz CT molecular complexity index is 697. The average molecular weight is 433 g/mol. The third-order valence-electron chi connectivity index (χ3n) is 10.8. The predicted octanol–water partition coefficient (Wildman–Crippen LogP) is 4.93. The van der Waals surface area contributed by atoms with Crippen molar-refractivity contribution in [3.63, 3.8) is 0 Å². The van der Waals surface area contributed by atoms with E-state index in [0.717, 1.165) is 32.5 Å². The quantitative estimate of drug-likeness (QED) is 0.621. The number of rotatable bonds is 3. The number of ether oxygens (including phenoxy) is 2. The molecule has 5 aliphatic rings. The lowest BCUT2D eigenvalue weighted by Gasteiger charge is -2.63. The van der Waals surface area contributed by atoms with Crippen molar-refractivity contribution in [2.75, 3.05) is 13.2 Å². The molecule has 1 heterocycles. The van der Waals surface area contributed by atoms with Gasteiger partial charge in [0.1, 0.15) is 0 Å². The second-order valence-electron chi connectivity index (χ2n) is 12.5. The Labute approximate surface area is 188 Å². The van der Waals surface area contributed by atoms with E-state index in [-0.39, 0.29) is 29.3 Å². The van der Waals surface area contributed by atoms with Crippen molar-refractivity contribution in [3.05, 3.63) is 12.2 Å². The van der Waals surface area contributed by atoms with Gasteiger partial charge in [-0.15, -0.1) is 0 Å². The van der Waals surface area contributed by atoms with Crippen molar-refractivity contribution in [1.82, 2.24) is 0 Å². The van der Waals surface area contributed by atoms with Gasteiger partial charge in [0.25, 0.3) is 0 Å². The maximum atomic E-state index is 11.5. The Morgan fingerprint density at radius 3 is 2.35 bits per heavy atom. The third kappa shape index (κ3) is 3.47. The minimum atomic E-state index is -0.361. The molecule has 4 saturated carbocycles. The molecule has 1 aliphatic heterocycles. The molecule has 0 amide bonds. The summed E-state index contributed by atoms with van der Waals surface area (Å²) >= 11 is 0. The van der Waals surface area contributed by atoms with Gasteiger partial charge in [0, 0.05) is 12.8 Å². The van der Waals surface area contributed by atoms with Crippen LogP contribution in [0.25, 0.3) is 0 Å². The first-order valence-corrected chi connectivity index (χ1v) is 13.0. The van der Waals surface area contributed by atoms with Crippen molar-refractivity contribution in [3.8, 4) is 0 Å². The third-order valence-corrected chi connectivity index (χ3v) is 10.8. The highest BCUT2D eigenvalue weighted by Gasteiger charge is 2.64. The molecule has 4 aliphatic carbocycles. The van der Waals surface area contributed by atoms with Gasteiger partial charge in [0.05, 0.1) is 25.4 Å². The van der Waals surface area contributed by atoms with Crippen molar-refractivity contribution < 1.29 is 19.7 Å². The zero-order valence-electron chi connectivity index (χ0n) is 20.1. The number of aliphatic hydroxyl groups is 2. The van der Waals surface area contributed by atoms with E-state index in [9.17, 15) is 10.2 Å². The number of aliphatic hydroxyl groups excluding tert-OH is 2. The van der Waals surface area contributed by atoms with Crippen LogP contribution in [0.4, 0.5) is 0 Å². The summed E-state index contributed by atoms with van der Waals surface area (Å²) in [6.45, 7) is 10.6. The summed E-state index contributed by atoms with van der Waals surface area (Å²) < 4.78 is 12.2. The summed E-state index contributed by atoms with van der Waals surface area (Å²) in [4.78, 5) is 0. The van der Waals surface area contributed by atoms with E-state index in [1.54, 1.807) is 0 Å². The fourth-order valence-corrected chi connectivity index (χ4v) is 8.75. The molecule has 4 heteroatoms. The smallest absolute Gasteiger partial charge is 0.168 e. The monoisotopic (exact) mass is 432 g/mol. The van der Waals surface area contributed by atoms with Crippen LogP contribution in [0.2, 0.25) is 0 Å². The predicted molar refractivity (Wildman–Crippen MR) is 121 cm³/mol. The van der Waals surface area contributed by atoms with E-state index in [4.69, 9.17) is 9.47 Å². The Hall–Kier alpha value is -0.420. The number of allylic oxidation sites excluding steroid dienone is 1. The van der Waals surface area contributed by atoms with Gasteiger partial charge < -0.3 is 19.7 Å². The standard InChI is InChI=1S/C27H44O4/c1-17(2)22(28)8-6-18-5-7-20-24-21(9-10-25(18,20)3)26(4)11-12-27(30-13-14-31-27)16-19(26)15-23(24)29/h6,8,17-24,28-29H,5,7,9-16H2,1-4H3/b8-6+/t18?,19-,20?,21?,22+,23+,24?,25+,26-/m0/s1. The van der Waals surface area contributed by atoms with Crippen LogP contribution in [0.15, 0.2) is 12.2 Å². The number of fused-ring (bicyclic) bond motifs is 5. The molecule has 1 spiro atoms. The summed E-state index contributed by atoms with van der Waals surface area (Å²) in [5.41, 5.74) is 0.555. The van der Waals surface area contributed by atoms with E-state index >= 15 is 0 Å². The molecule has 1 saturated heterocycles. The Balaban J connectivity index is 1.36. The van der Waals surface area contributed by atoms with Crippen molar-refractivity contribution >= 4 is 0 Å². The topological polar surface area (TPSA) is 58.9 Å². The first kappa shape index (κ1) is 22.4. The Morgan fingerprint density at radius 2 is 1.65 bits per heavy atom. The maximum absolute atomic E-state index is 11.5. The van der Waals surface area contributed by atoms with Gasteiger partial charge in [0.15, 0.2) is 5.79 Å². The van der Waals surface area contributed by atoms with Crippen LogP contribution < -0.4 is 0 Å². The highest BCUT2D eigenvalue weighted by atomic mass is 16.7. The van der Waals surface area contributed by atoms with Gasteiger partial charge >= 0.3 is 0 Å². The van der Waals surface area contributed by atoms with Crippen molar-refractivity contribution in [2.45, 2.75) is 97.1 Å². The Morgan fingerprint density at radius 1 is 0.935 bits per heavy atom. The Kier molecular flexibility index (Phi) is 5.65. The van der Waals surface area contributed by atoms with Crippen LogP contribution in [-0.2, 0) is 9.47 Å². The van der Waals surface area contributed by atoms with E-state index in [2.05, 4.69) is 33.8 Å². The summed E-state index contributed by atoms with van der Waals surface area (Å²) in [5, 5.41) is 21.8. The molecule has 0 bridgehead atoms. The molecule has 9 atom stereocenters. The van der Waals surface area contributed by atoms with Crippen LogP contribution >= 0.6 is 0 Å². The largest absolute Gasteiger partial charge is 0.393 e. The average Bonchev–Trinajstić information content (AvgIpc) is 3.32. The lowest BCUT2D eigenvalue weighted by atomic mass is 9.43. The summed E-state index contributed by atoms with van der Waals surface area (Å²) in [5.74, 6) is 2.56. The van der Waals surface area contributed by atoms with Crippen LogP contribution in [-0.4, -0.2) is 41.4 Å². The van der Waals surface area contributed by atoms with Crippen LogP contribution in [0, 0.1) is 46.3 Å². The second-order valence-corrected chi connectivity index (χ2v) is 12.5. The summed E-state index contributed by atoms with van der Waals surface area (Å²) in [6, 6.07) is 0. The molecule has 2 N–H and O–H groups in total. The number of hydrogen-bond acceptors (Lipinski definition) is 4. The number of hydrogen-bond donors (Lipinski definition) is 2. The molecule has 4 nitrogen and oxygen atoms in total. The van der Waals surface area contributed by atoms with Crippen molar-refractivity contribution in [2.24, 2.45) is 46.3 Å². The van der Waals surface area contributed by atoms with E-state index in [0.29, 0.717) is 35.0 Å². The second kappa shape index (κ2) is 7.82. The highest BCUT2D eigenvalue weighted by Crippen LogP contribution is 2.68. The lowest BCUT2D eigenvalue weighted by Crippen LogP contribution is -2.60. The molecule has 5 rings (SSSR count). The fraction of sp³-hybridized carbons (Fsp3) is 0.926. The molecule has 0 aromatic carbocycles. The van der Waals surface area contributed by atoms with Crippen molar-refractivity contribution in [1.29, 1.82) is 0 Å².